The first kappa shape index (κ1) is 15.2. The molecule has 114 valence electrons. The summed E-state index contributed by atoms with van der Waals surface area (Å²) in [7, 11) is 1.59. The third-order valence-electron chi connectivity index (χ3n) is 3.96. The van der Waals surface area contributed by atoms with Crippen LogP contribution in [0.1, 0.15) is 24.0 Å². The first-order chi connectivity index (χ1) is 10.5. The van der Waals surface area contributed by atoms with Gasteiger partial charge in [-0.25, -0.2) is 0 Å². The fraction of sp³-hybridized carbons (Fsp3) is 0.235. The van der Waals surface area contributed by atoms with Crippen LogP contribution < -0.4 is 9.64 Å². The first-order valence-electron chi connectivity index (χ1n) is 6.94. The van der Waals surface area contributed by atoms with E-state index in [1.54, 1.807) is 30.2 Å². The molecule has 0 spiro atoms. The molecule has 3 rings (SSSR count). The number of benzene rings is 2. The van der Waals surface area contributed by atoms with Gasteiger partial charge in [-0.1, -0.05) is 29.3 Å². The Labute approximate surface area is 139 Å². The summed E-state index contributed by atoms with van der Waals surface area (Å²) in [6.45, 7) is 2.34. The maximum Gasteiger partial charge on any atom is 0.234 e. The molecule has 0 N–H and O–H groups in total. The van der Waals surface area contributed by atoms with Crippen molar-refractivity contribution in [1.29, 1.82) is 0 Å². The zero-order chi connectivity index (χ0) is 15.9. The van der Waals surface area contributed by atoms with Crippen molar-refractivity contribution in [2.45, 2.75) is 19.4 Å². The van der Waals surface area contributed by atoms with E-state index in [9.17, 15) is 4.79 Å². The Morgan fingerprint density at radius 1 is 1.14 bits per heavy atom. The molecule has 0 bridgehead atoms. The van der Waals surface area contributed by atoms with E-state index in [1.165, 1.54) is 0 Å². The van der Waals surface area contributed by atoms with Crippen LogP contribution in [0.4, 0.5) is 5.69 Å². The van der Waals surface area contributed by atoms with Gasteiger partial charge in [0.25, 0.3) is 0 Å². The molecule has 0 saturated heterocycles. The maximum atomic E-state index is 12.6. The van der Waals surface area contributed by atoms with Gasteiger partial charge in [0.1, 0.15) is 5.75 Å². The predicted molar refractivity (Wildman–Crippen MR) is 89.1 cm³/mol. The van der Waals surface area contributed by atoms with Gasteiger partial charge in [-0.2, -0.15) is 0 Å². The van der Waals surface area contributed by atoms with Crippen molar-refractivity contribution in [1.82, 2.24) is 0 Å². The summed E-state index contributed by atoms with van der Waals surface area (Å²) in [5.74, 6) is 0.552. The standard InChI is InChI=1S/C17H15Cl2NO2/c1-10-14-7-12(18)5-6-15(14)20(17(10)21)9-11-3-4-13(19)8-16(11)22-2/h3-8,10H,9H2,1-2H3. The number of carbonyl (C=O) groups is 1. The molecule has 1 aliphatic rings. The summed E-state index contributed by atoms with van der Waals surface area (Å²) in [5, 5.41) is 1.25. The van der Waals surface area contributed by atoms with Gasteiger partial charge in [-0.15, -0.1) is 0 Å². The van der Waals surface area contributed by atoms with Crippen LogP contribution in [0.3, 0.4) is 0 Å². The smallest absolute Gasteiger partial charge is 0.234 e. The Hall–Kier alpha value is -1.71. The molecule has 2 aromatic rings. The van der Waals surface area contributed by atoms with E-state index in [0.717, 1.165) is 16.8 Å². The second-order valence-corrected chi connectivity index (χ2v) is 6.18. The lowest BCUT2D eigenvalue weighted by molar-refractivity contribution is -0.119. The van der Waals surface area contributed by atoms with Crippen molar-refractivity contribution in [3.8, 4) is 5.75 Å². The van der Waals surface area contributed by atoms with Crippen LogP contribution in [-0.4, -0.2) is 13.0 Å². The van der Waals surface area contributed by atoms with Gasteiger partial charge in [0.15, 0.2) is 0 Å². The normalized spacial score (nSPS) is 16.8. The van der Waals surface area contributed by atoms with Crippen LogP contribution in [-0.2, 0) is 11.3 Å². The SMILES string of the molecule is COc1cc(Cl)ccc1CN1C(=O)C(C)c2cc(Cl)ccc21. The summed E-state index contributed by atoms with van der Waals surface area (Å²) in [6, 6.07) is 11.0. The van der Waals surface area contributed by atoms with E-state index in [4.69, 9.17) is 27.9 Å². The van der Waals surface area contributed by atoms with E-state index in [2.05, 4.69) is 0 Å². The molecule has 1 amide bonds. The van der Waals surface area contributed by atoms with Crippen molar-refractivity contribution < 1.29 is 9.53 Å². The number of halogens is 2. The molecule has 2 aromatic carbocycles. The fourth-order valence-electron chi connectivity index (χ4n) is 2.79. The molecule has 0 aliphatic carbocycles. The Bertz CT molecular complexity index is 745. The topological polar surface area (TPSA) is 29.5 Å². The molecule has 1 heterocycles. The molecule has 22 heavy (non-hydrogen) atoms. The summed E-state index contributed by atoms with van der Waals surface area (Å²) in [5.41, 5.74) is 2.78. The molecule has 1 atom stereocenters. The van der Waals surface area contributed by atoms with Crippen LogP contribution in [0.15, 0.2) is 36.4 Å². The van der Waals surface area contributed by atoms with Gasteiger partial charge in [-0.3, -0.25) is 4.79 Å². The number of carbonyl (C=O) groups excluding carboxylic acids is 1. The maximum absolute atomic E-state index is 12.6. The average molecular weight is 336 g/mol. The number of hydrogen-bond donors (Lipinski definition) is 0. The highest BCUT2D eigenvalue weighted by molar-refractivity contribution is 6.31. The van der Waals surface area contributed by atoms with Gasteiger partial charge in [0.05, 0.1) is 19.6 Å². The molecule has 0 saturated carbocycles. The minimum absolute atomic E-state index is 0.0641. The van der Waals surface area contributed by atoms with Crippen LogP contribution in [0.25, 0.3) is 0 Å². The van der Waals surface area contributed by atoms with E-state index in [1.807, 2.05) is 25.1 Å². The fourth-order valence-corrected chi connectivity index (χ4v) is 3.13. The Morgan fingerprint density at radius 2 is 1.82 bits per heavy atom. The zero-order valence-corrected chi connectivity index (χ0v) is 13.8. The summed E-state index contributed by atoms with van der Waals surface area (Å²) in [6.07, 6.45) is 0. The molecule has 0 fully saturated rings. The van der Waals surface area contributed by atoms with Crippen molar-refractivity contribution in [2.75, 3.05) is 12.0 Å². The van der Waals surface area contributed by atoms with Crippen molar-refractivity contribution >= 4 is 34.8 Å². The van der Waals surface area contributed by atoms with E-state index in [-0.39, 0.29) is 11.8 Å². The molecule has 0 radical (unpaired) electrons. The Morgan fingerprint density at radius 3 is 2.55 bits per heavy atom. The second kappa shape index (κ2) is 5.82. The molecule has 0 aromatic heterocycles. The number of amides is 1. The summed E-state index contributed by atoms with van der Waals surface area (Å²) in [4.78, 5) is 14.3. The van der Waals surface area contributed by atoms with Gasteiger partial charge in [0.2, 0.25) is 5.91 Å². The molecule has 3 nitrogen and oxygen atoms in total. The molecule has 1 unspecified atom stereocenters. The molecule has 5 heteroatoms. The lowest BCUT2D eigenvalue weighted by Crippen LogP contribution is -2.27. The van der Waals surface area contributed by atoms with Gasteiger partial charge >= 0.3 is 0 Å². The zero-order valence-electron chi connectivity index (χ0n) is 12.3. The Balaban J connectivity index is 1.99. The van der Waals surface area contributed by atoms with Gasteiger partial charge < -0.3 is 9.64 Å². The highest BCUT2D eigenvalue weighted by Crippen LogP contribution is 2.40. The monoisotopic (exact) mass is 335 g/mol. The lowest BCUT2D eigenvalue weighted by atomic mass is 10.0. The number of methoxy groups -OCH3 is 1. The van der Waals surface area contributed by atoms with Gasteiger partial charge in [-0.05, 0) is 42.8 Å². The second-order valence-electron chi connectivity index (χ2n) is 5.31. The van der Waals surface area contributed by atoms with Crippen LogP contribution in [0, 0.1) is 0 Å². The van der Waals surface area contributed by atoms with E-state index in [0.29, 0.717) is 22.3 Å². The number of fused-ring (bicyclic) bond motifs is 1. The summed E-state index contributed by atoms with van der Waals surface area (Å²) < 4.78 is 5.36. The number of ether oxygens (including phenoxy) is 1. The minimum Gasteiger partial charge on any atom is -0.496 e. The van der Waals surface area contributed by atoms with Crippen LogP contribution in [0.5, 0.6) is 5.75 Å². The largest absolute Gasteiger partial charge is 0.496 e. The third kappa shape index (κ3) is 2.55. The van der Waals surface area contributed by atoms with Crippen LogP contribution >= 0.6 is 23.2 Å². The predicted octanol–water partition coefficient (Wildman–Crippen LogP) is 4.65. The number of nitrogens with zero attached hydrogens (tertiary/aromatic N) is 1. The Kier molecular flexibility index (Phi) is 4.02. The first-order valence-corrected chi connectivity index (χ1v) is 7.70. The number of anilines is 1. The lowest BCUT2D eigenvalue weighted by Gasteiger charge is -2.19. The van der Waals surface area contributed by atoms with E-state index >= 15 is 0 Å². The highest BCUT2D eigenvalue weighted by Gasteiger charge is 2.34. The van der Waals surface area contributed by atoms with Crippen molar-refractivity contribution in [3.63, 3.8) is 0 Å². The van der Waals surface area contributed by atoms with E-state index < -0.39 is 0 Å². The quantitative estimate of drug-likeness (QED) is 0.816. The van der Waals surface area contributed by atoms with Crippen molar-refractivity contribution in [2.24, 2.45) is 0 Å². The number of hydrogen-bond acceptors (Lipinski definition) is 2. The number of rotatable bonds is 3. The molecule has 1 aliphatic heterocycles. The van der Waals surface area contributed by atoms with Crippen molar-refractivity contribution in [3.05, 3.63) is 57.6 Å². The molecular formula is C17H15Cl2NO2. The highest BCUT2D eigenvalue weighted by atomic mass is 35.5. The summed E-state index contributed by atoms with van der Waals surface area (Å²) >= 11 is 12.0. The average Bonchev–Trinajstić information content (AvgIpc) is 2.73. The van der Waals surface area contributed by atoms with Crippen LogP contribution in [0.2, 0.25) is 10.0 Å². The van der Waals surface area contributed by atoms with Gasteiger partial charge in [0, 0.05) is 21.3 Å². The third-order valence-corrected chi connectivity index (χ3v) is 4.43. The minimum atomic E-state index is -0.188. The molecular weight excluding hydrogens is 321 g/mol.